The number of amides is 3. The lowest BCUT2D eigenvalue weighted by molar-refractivity contribution is -0.129. The van der Waals surface area contributed by atoms with Gasteiger partial charge in [-0.05, 0) is 24.3 Å². The van der Waals surface area contributed by atoms with Crippen LogP contribution < -0.4 is 5.32 Å². The highest BCUT2D eigenvalue weighted by Crippen LogP contribution is 2.20. The second-order valence-electron chi connectivity index (χ2n) is 8.46. The van der Waals surface area contributed by atoms with Gasteiger partial charge in [0.25, 0.3) is 0 Å². The van der Waals surface area contributed by atoms with Gasteiger partial charge in [0.1, 0.15) is 0 Å². The molecule has 3 amide bonds. The molecular formula is C22H34N4O2. The van der Waals surface area contributed by atoms with Crippen molar-refractivity contribution in [1.29, 1.82) is 0 Å². The molecule has 0 unspecified atom stereocenters. The third kappa shape index (κ3) is 5.25. The Hall–Kier alpha value is -2.08. The smallest absolute Gasteiger partial charge is 0.317 e. The fraction of sp³-hybridized carbons (Fsp3) is 0.636. The molecular weight excluding hydrogens is 352 g/mol. The summed E-state index contributed by atoms with van der Waals surface area (Å²) in [5, 5.41) is 3.23. The van der Waals surface area contributed by atoms with Gasteiger partial charge in [-0.3, -0.25) is 9.69 Å². The van der Waals surface area contributed by atoms with Crippen molar-refractivity contribution in [3.63, 3.8) is 0 Å². The Balaban J connectivity index is 1.54. The number of carbonyl (C=O) groups excluding carboxylic acids is 2. The molecule has 1 aromatic carbocycles. The van der Waals surface area contributed by atoms with Crippen LogP contribution in [0.5, 0.6) is 0 Å². The zero-order chi connectivity index (χ0) is 20.1. The molecule has 1 aromatic rings. The van der Waals surface area contributed by atoms with E-state index in [9.17, 15) is 9.59 Å². The summed E-state index contributed by atoms with van der Waals surface area (Å²) in [4.78, 5) is 30.8. The van der Waals surface area contributed by atoms with Gasteiger partial charge in [-0.2, -0.15) is 0 Å². The Morgan fingerprint density at radius 2 is 1.75 bits per heavy atom. The molecule has 28 heavy (non-hydrogen) atoms. The summed E-state index contributed by atoms with van der Waals surface area (Å²) < 4.78 is 0. The van der Waals surface area contributed by atoms with Crippen molar-refractivity contribution in [2.24, 2.45) is 5.92 Å². The van der Waals surface area contributed by atoms with Gasteiger partial charge in [0.2, 0.25) is 5.91 Å². The average Bonchev–Trinajstić information content (AvgIpc) is 2.69. The molecule has 154 valence electrons. The Kier molecular flexibility index (Phi) is 6.94. The number of piperidine rings is 1. The van der Waals surface area contributed by atoms with Crippen molar-refractivity contribution in [1.82, 2.24) is 20.0 Å². The van der Waals surface area contributed by atoms with Gasteiger partial charge in [-0.15, -0.1) is 0 Å². The SMILES string of the molecule is CC(=O)N1CCC(NC(=O)N2CCN(Cc3ccccc3)C[C@@H]2C(C)C)CC1. The minimum Gasteiger partial charge on any atom is -0.343 e. The van der Waals surface area contributed by atoms with Gasteiger partial charge < -0.3 is 15.1 Å². The Morgan fingerprint density at radius 3 is 2.36 bits per heavy atom. The van der Waals surface area contributed by atoms with Gasteiger partial charge in [0, 0.05) is 58.3 Å². The Bertz CT molecular complexity index is 656. The van der Waals surface area contributed by atoms with Gasteiger partial charge in [0.05, 0.1) is 0 Å². The van der Waals surface area contributed by atoms with Gasteiger partial charge in [-0.1, -0.05) is 44.2 Å². The molecule has 2 fully saturated rings. The van der Waals surface area contributed by atoms with E-state index in [1.54, 1.807) is 6.92 Å². The average molecular weight is 387 g/mol. The largest absolute Gasteiger partial charge is 0.343 e. The number of likely N-dealkylation sites (tertiary alicyclic amines) is 1. The maximum atomic E-state index is 13.0. The first-order chi connectivity index (χ1) is 13.4. The van der Waals surface area contributed by atoms with Gasteiger partial charge in [0.15, 0.2) is 0 Å². The maximum absolute atomic E-state index is 13.0. The highest BCUT2D eigenvalue weighted by Gasteiger charge is 2.33. The second-order valence-corrected chi connectivity index (χ2v) is 8.46. The van der Waals surface area contributed by atoms with Crippen LogP contribution in [-0.2, 0) is 11.3 Å². The van der Waals surface area contributed by atoms with Gasteiger partial charge in [-0.25, -0.2) is 4.79 Å². The minimum atomic E-state index is 0.0549. The second kappa shape index (κ2) is 9.41. The van der Waals surface area contributed by atoms with E-state index >= 15 is 0 Å². The van der Waals surface area contributed by atoms with E-state index < -0.39 is 0 Å². The Morgan fingerprint density at radius 1 is 1.07 bits per heavy atom. The van der Waals surface area contributed by atoms with E-state index in [1.807, 2.05) is 15.9 Å². The lowest BCUT2D eigenvalue weighted by Gasteiger charge is -2.44. The summed E-state index contributed by atoms with van der Waals surface area (Å²) in [6, 6.07) is 11.0. The first-order valence-corrected chi connectivity index (χ1v) is 10.5. The quantitative estimate of drug-likeness (QED) is 0.865. The van der Waals surface area contributed by atoms with Crippen molar-refractivity contribution in [3.8, 4) is 0 Å². The monoisotopic (exact) mass is 386 g/mol. The molecule has 2 aliphatic rings. The predicted molar refractivity (Wildman–Crippen MR) is 111 cm³/mol. The molecule has 0 aliphatic carbocycles. The number of piperazine rings is 1. The topological polar surface area (TPSA) is 55.9 Å². The van der Waals surface area contributed by atoms with Crippen LogP contribution in [0.15, 0.2) is 30.3 Å². The first kappa shape index (κ1) is 20.6. The number of urea groups is 1. The van der Waals surface area contributed by atoms with E-state index in [0.717, 1.165) is 52.1 Å². The zero-order valence-corrected chi connectivity index (χ0v) is 17.4. The van der Waals surface area contributed by atoms with E-state index in [1.165, 1.54) is 5.56 Å². The van der Waals surface area contributed by atoms with Crippen LogP contribution in [0, 0.1) is 5.92 Å². The molecule has 0 spiro atoms. The lowest BCUT2D eigenvalue weighted by Crippen LogP contribution is -2.60. The molecule has 1 atom stereocenters. The number of nitrogens with zero attached hydrogens (tertiary/aromatic N) is 3. The summed E-state index contributed by atoms with van der Waals surface area (Å²) in [6.45, 7) is 11.0. The van der Waals surface area contributed by atoms with Crippen molar-refractivity contribution < 1.29 is 9.59 Å². The molecule has 0 aromatic heterocycles. The molecule has 0 saturated carbocycles. The number of carbonyl (C=O) groups is 2. The number of rotatable bonds is 4. The van der Waals surface area contributed by atoms with E-state index in [-0.39, 0.29) is 24.0 Å². The third-order valence-corrected chi connectivity index (χ3v) is 6.05. The molecule has 1 N–H and O–H groups in total. The summed E-state index contributed by atoms with van der Waals surface area (Å²) >= 11 is 0. The van der Waals surface area contributed by atoms with Crippen molar-refractivity contribution >= 4 is 11.9 Å². The molecule has 6 heteroatoms. The van der Waals surface area contributed by atoms with E-state index in [0.29, 0.717) is 5.92 Å². The number of hydrogen-bond donors (Lipinski definition) is 1. The first-order valence-electron chi connectivity index (χ1n) is 10.5. The van der Waals surface area contributed by atoms with Crippen LogP contribution in [0.2, 0.25) is 0 Å². The van der Waals surface area contributed by atoms with Crippen LogP contribution in [0.1, 0.15) is 39.2 Å². The number of hydrogen-bond acceptors (Lipinski definition) is 3. The zero-order valence-electron chi connectivity index (χ0n) is 17.4. The third-order valence-electron chi connectivity index (χ3n) is 6.05. The summed E-state index contributed by atoms with van der Waals surface area (Å²) in [5.74, 6) is 0.531. The maximum Gasteiger partial charge on any atom is 0.317 e. The molecule has 2 heterocycles. The van der Waals surface area contributed by atoms with Crippen molar-refractivity contribution in [2.45, 2.75) is 52.2 Å². The van der Waals surface area contributed by atoms with Crippen molar-refractivity contribution in [3.05, 3.63) is 35.9 Å². The molecule has 0 bridgehead atoms. The Labute approximate surface area is 168 Å². The molecule has 2 saturated heterocycles. The van der Waals surface area contributed by atoms with E-state index in [4.69, 9.17) is 0 Å². The predicted octanol–water partition coefficient (Wildman–Crippen LogP) is 2.55. The molecule has 6 nitrogen and oxygen atoms in total. The van der Waals surface area contributed by atoms with E-state index in [2.05, 4.69) is 48.3 Å². The van der Waals surface area contributed by atoms with Crippen molar-refractivity contribution in [2.75, 3.05) is 32.7 Å². The number of benzene rings is 1. The fourth-order valence-electron chi connectivity index (χ4n) is 4.27. The normalized spacial score (nSPS) is 21.8. The van der Waals surface area contributed by atoms with Gasteiger partial charge >= 0.3 is 6.03 Å². The standard InChI is InChI=1S/C22H34N4O2/c1-17(2)21-16-24(15-19-7-5-4-6-8-19)13-14-26(21)22(28)23-20-9-11-25(12-10-20)18(3)27/h4-8,17,20-21H,9-16H2,1-3H3,(H,23,28)/t21-/m1/s1. The highest BCUT2D eigenvalue weighted by molar-refractivity contribution is 5.75. The van der Waals surface area contributed by atoms with Crippen LogP contribution in [-0.4, -0.2) is 71.4 Å². The summed E-state index contributed by atoms with van der Waals surface area (Å²) in [5.41, 5.74) is 1.32. The van der Waals surface area contributed by atoms with Crippen LogP contribution >= 0.6 is 0 Å². The fourth-order valence-corrected chi connectivity index (χ4v) is 4.27. The molecule has 3 rings (SSSR count). The van der Waals surface area contributed by atoms with Crippen LogP contribution in [0.3, 0.4) is 0 Å². The highest BCUT2D eigenvalue weighted by atomic mass is 16.2. The minimum absolute atomic E-state index is 0.0549. The lowest BCUT2D eigenvalue weighted by atomic mass is 9.99. The molecule has 2 aliphatic heterocycles. The number of nitrogens with one attached hydrogen (secondary N) is 1. The molecule has 0 radical (unpaired) electrons. The van der Waals surface area contributed by atoms with Crippen LogP contribution in [0.25, 0.3) is 0 Å². The summed E-state index contributed by atoms with van der Waals surface area (Å²) in [6.07, 6.45) is 1.68. The van der Waals surface area contributed by atoms with Crippen LogP contribution in [0.4, 0.5) is 4.79 Å². The summed E-state index contributed by atoms with van der Waals surface area (Å²) in [7, 11) is 0.